The Morgan fingerprint density at radius 1 is 1.10 bits per heavy atom. The number of amides is 1. The molecule has 2 aromatic carbocycles. The molecule has 8 nitrogen and oxygen atoms in total. The first kappa shape index (κ1) is 23.2. The number of nitrogens with one attached hydrogen (secondary N) is 2. The van der Waals surface area contributed by atoms with Crippen LogP contribution in [0.5, 0.6) is 11.5 Å². The molecule has 0 saturated heterocycles. The lowest BCUT2D eigenvalue weighted by Crippen LogP contribution is -2.34. The number of methoxy groups -OCH3 is 2. The first-order valence-electron chi connectivity index (χ1n) is 9.14. The average Bonchev–Trinajstić information content (AvgIpc) is 3.23. The van der Waals surface area contributed by atoms with E-state index in [0.717, 1.165) is 11.1 Å². The number of anilines is 1. The zero-order valence-electron chi connectivity index (χ0n) is 17.4. The third-order valence-electron chi connectivity index (χ3n) is 4.80. The second kappa shape index (κ2) is 9.60. The van der Waals surface area contributed by atoms with Crippen LogP contribution in [-0.4, -0.2) is 35.3 Å². The predicted octanol–water partition coefficient (Wildman–Crippen LogP) is 3.29. The Bertz CT molecular complexity index is 1000. The lowest BCUT2D eigenvalue weighted by atomic mass is 9.83. The third kappa shape index (κ3) is 4.72. The van der Waals surface area contributed by atoms with Gasteiger partial charge in [-0.2, -0.15) is 5.10 Å². The molecule has 0 aliphatic rings. The summed E-state index contributed by atoms with van der Waals surface area (Å²) in [4.78, 5) is 17.3. The van der Waals surface area contributed by atoms with Crippen LogP contribution in [0.3, 0.4) is 0 Å². The van der Waals surface area contributed by atoms with E-state index in [1.807, 2.05) is 50.2 Å². The summed E-state index contributed by atoms with van der Waals surface area (Å²) >= 11 is 0. The van der Waals surface area contributed by atoms with Crippen molar-refractivity contribution < 1.29 is 14.3 Å². The Kier molecular flexibility index (Phi) is 7.42. The summed E-state index contributed by atoms with van der Waals surface area (Å²) in [5.74, 6) is 2.25. The molecule has 1 amide bonds. The molecule has 0 fully saturated rings. The highest BCUT2D eigenvalue weighted by atomic mass is 35.5. The quantitative estimate of drug-likeness (QED) is 0.528. The third-order valence-corrected chi connectivity index (χ3v) is 4.80. The van der Waals surface area contributed by atoms with E-state index in [1.165, 1.54) is 0 Å². The van der Waals surface area contributed by atoms with Crippen LogP contribution >= 0.6 is 12.4 Å². The van der Waals surface area contributed by atoms with E-state index < -0.39 is 5.41 Å². The number of rotatable bonds is 7. The van der Waals surface area contributed by atoms with Crippen LogP contribution < -0.4 is 20.5 Å². The van der Waals surface area contributed by atoms with Crippen LogP contribution in [0.2, 0.25) is 0 Å². The molecule has 3 rings (SSSR count). The van der Waals surface area contributed by atoms with Gasteiger partial charge in [0.2, 0.25) is 5.91 Å². The van der Waals surface area contributed by atoms with E-state index in [4.69, 9.17) is 15.2 Å². The van der Waals surface area contributed by atoms with Crippen LogP contribution in [0, 0.1) is 0 Å². The SMILES string of the molecule is COc1ccc(C(C)(C)C(=O)Nc2ccc(-c3n[nH]c(CN)n3)cc2)cc1OC.Cl. The van der Waals surface area contributed by atoms with Crippen molar-refractivity contribution in [2.24, 2.45) is 5.73 Å². The monoisotopic (exact) mass is 431 g/mol. The van der Waals surface area contributed by atoms with E-state index >= 15 is 0 Å². The lowest BCUT2D eigenvalue weighted by Gasteiger charge is -2.25. The molecule has 0 aliphatic carbocycles. The van der Waals surface area contributed by atoms with Crippen molar-refractivity contribution in [1.82, 2.24) is 15.2 Å². The maximum Gasteiger partial charge on any atom is 0.234 e. The van der Waals surface area contributed by atoms with E-state index in [-0.39, 0.29) is 18.3 Å². The normalized spacial score (nSPS) is 10.8. The molecule has 1 aromatic heterocycles. The summed E-state index contributed by atoms with van der Waals surface area (Å²) in [7, 11) is 3.15. The number of carbonyl (C=O) groups is 1. The second-order valence-corrected chi connectivity index (χ2v) is 7.04. The first-order valence-corrected chi connectivity index (χ1v) is 9.14. The van der Waals surface area contributed by atoms with Gasteiger partial charge in [-0.05, 0) is 55.8 Å². The highest BCUT2D eigenvalue weighted by Crippen LogP contribution is 2.34. The molecule has 0 bridgehead atoms. The topological polar surface area (TPSA) is 115 Å². The summed E-state index contributed by atoms with van der Waals surface area (Å²) in [6, 6.07) is 12.8. The van der Waals surface area contributed by atoms with Crippen molar-refractivity contribution in [1.29, 1.82) is 0 Å². The van der Waals surface area contributed by atoms with Crippen LogP contribution in [0.4, 0.5) is 5.69 Å². The number of hydrogen-bond acceptors (Lipinski definition) is 6. The van der Waals surface area contributed by atoms with Crippen molar-refractivity contribution >= 4 is 24.0 Å². The smallest absolute Gasteiger partial charge is 0.234 e. The Hall–Kier alpha value is -3.10. The minimum absolute atomic E-state index is 0. The van der Waals surface area contributed by atoms with Gasteiger partial charge in [0.15, 0.2) is 17.3 Å². The number of nitrogens with zero attached hydrogens (tertiary/aromatic N) is 2. The fourth-order valence-corrected chi connectivity index (χ4v) is 2.86. The molecule has 30 heavy (non-hydrogen) atoms. The second-order valence-electron chi connectivity index (χ2n) is 7.04. The molecule has 160 valence electrons. The highest BCUT2D eigenvalue weighted by molar-refractivity contribution is 5.98. The van der Waals surface area contributed by atoms with E-state index in [9.17, 15) is 4.79 Å². The van der Waals surface area contributed by atoms with Gasteiger partial charge in [-0.25, -0.2) is 4.98 Å². The maximum atomic E-state index is 13.0. The van der Waals surface area contributed by atoms with Crippen LogP contribution in [0.1, 0.15) is 25.2 Å². The average molecular weight is 432 g/mol. The van der Waals surface area contributed by atoms with Crippen LogP contribution in [0.15, 0.2) is 42.5 Å². The number of hydrogen-bond donors (Lipinski definition) is 3. The van der Waals surface area contributed by atoms with Crippen molar-refractivity contribution in [3.05, 3.63) is 53.9 Å². The van der Waals surface area contributed by atoms with Gasteiger partial charge < -0.3 is 20.5 Å². The van der Waals surface area contributed by atoms with Gasteiger partial charge in [-0.15, -0.1) is 12.4 Å². The molecular formula is C21H26ClN5O3. The number of aromatic amines is 1. The van der Waals surface area contributed by atoms with Crippen LogP contribution in [-0.2, 0) is 16.8 Å². The molecule has 0 spiro atoms. The van der Waals surface area contributed by atoms with Crippen molar-refractivity contribution in [2.75, 3.05) is 19.5 Å². The molecule has 9 heteroatoms. The summed E-state index contributed by atoms with van der Waals surface area (Å²) in [5, 5.41) is 9.88. The minimum Gasteiger partial charge on any atom is -0.493 e. The van der Waals surface area contributed by atoms with Gasteiger partial charge in [0.1, 0.15) is 5.82 Å². The zero-order valence-corrected chi connectivity index (χ0v) is 18.2. The van der Waals surface area contributed by atoms with Gasteiger partial charge in [0, 0.05) is 11.3 Å². The number of ether oxygens (including phenoxy) is 2. The number of carbonyl (C=O) groups excluding carboxylic acids is 1. The fraction of sp³-hybridized carbons (Fsp3) is 0.286. The van der Waals surface area contributed by atoms with Gasteiger partial charge in [0.05, 0.1) is 26.2 Å². The molecular weight excluding hydrogens is 406 g/mol. The Morgan fingerprint density at radius 2 is 1.77 bits per heavy atom. The first-order chi connectivity index (χ1) is 13.9. The highest BCUT2D eigenvalue weighted by Gasteiger charge is 2.31. The maximum absolute atomic E-state index is 13.0. The summed E-state index contributed by atoms with van der Waals surface area (Å²) < 4.78 is 10.6. The van der Waals surface area contributed by atoms with Gasteiger partial charge in [-0.1, -0.05) is 6.07 Å². The molecule has 0 aliphatic heterocycles. The lowest BCUT2D eigenvalue weighted by molar-refractivity contribution is -0.120. The number of aromatic nitrogens is 3. The van der Waals surface area contributed by atoms with E-state index in [1.54, 1.807) is 20.3 Å². The van der Waals surface area contributed by atoms with Crippen molar-refractivity contribution in [3.63, 3.8) is 0 Å². The van der Waals surface area contributed by atoms with Crippen molar-refractivity contribution in [2.45, 2.75) is 25.8 Å². The Labute approximate surface area is 181 Å². The predicted molar refractivity (Wildman–Crippen MR) is 118 cm³/mol. The minimum atomic E-state index is -0.780. The Balaban J connectivity index is 0.00000320. The summed E-state index contributed by atoms with van der Waals surface area (Å²) in [5.41, 5.74) is 7.10. The van der Waals surface area contributed by atoms with Gasteiger partial charge >= 0.3 is 0 Å². The molecule has 4 N–H and O–H groups in total. The summed E-state index contributed by atoms with van der Waals surface area (Å²) in [6.45, 7) is 4.02. The standard InChI is InChI=1S/C21H25N5O3.ClH/c1-21(2,14-7-10-16(28-3)17(11-14)29-4)20(27)23-15-8-5-13(6-9-15)19-24-18(12-22)25-26-19;/h5-11H,12,22H2,1-4H3,(H,23,27)(H,24,25,26);1H. The number of H-pyrrole nitrogens is 1. The number of benzene rings is 2. The van der Waals surface area contributed by atoms with E-state index in [0.29, 0.717) is 35.4 Å². The fourth-order valence-electron chi connectivity index (χ4n) is 2.86. The van der Waals surface area contributed by atoms with Gasteiger partial charge in [0.25, 0.3) is 0 Å². The number of nitrogens with two attached hydrogens (primary N) is 1. The molecule has 1 heterocycles. The molecule has 0 saturated carbocycles. The largest absolute Gasteiger partial charge is 0.493 e. The van der Waals surface area contributed by atoms with Crippen LogP contribution in [0.25, 0.3) is 11.4 Å². The molecule has 0 radical (unpaired) electrons. The zero-order chi connectivity index (χ0) is 21.0. The Morgan fingerprint density at radius 3 is 2.33 bits per heavy atom. The summed E-state index contributed by atoms with van der Waals surface area (Å²) in [6.07, 6.45) is 0. The van der Waals surface area contributed by atoms with Gasteiger partial charge in [-0.3, -0.25) is 9.89 Å². The molecule has 3 aromatic rings. The number of halogens is 1. The van der Waals surface area contributed by atoms with E-state index in [2.05, 4.69) is 20.5 Å². The molecule has 0 atom stereocenters. The molecule has 0 unspecified atom stereocenters. The van der Waals surface area contributed by atoms with Crippen molar-refractivity contribution in [3.8, 4) is 22.9 Å².